The number of aryl methyl sites for hydroxylation is 1. The van der Waals surface area contributed by atoms with E-state index >= 15 is 0 Å². The van der Waals surface area contributed by atoms with Gasteiger partial charge in [-0.2, -0.15) is 0 Å². The Hall–Kier alpha value is -2.07. The number of fused-ring (bicyclic) bond motifs is 2. The molecule has 1 saturated heterocycles. The van der Waals surface area contributed by atoms with Gasteiger partial charge in [0.25, 0.3) is 0 Å². The largest absolute Gasteiger partial charge is 0.467 e. The van der Waals surface area contributed by atoms with Crippen molar-refractivity contribution in [3.63, 3.8) is 0 Å². The molecule has 2 aromatic rings. The lowest BCUT2D eigenvalue weighted by Gasteiger charge is -2.56. The van der Waals surface area contributed by atoms with Crippen molar-refractivity contribution in [2.75, 3.05) is 4.90 Å². The van der Waals surface area contributed by atoms with Crippen molar-refractivity contribution < 1.29 is 4.74 Å². The van der Waals surface area contributed by atoms with E-state index in [1.165, 1.54) is 17.5 Å². The molecule has 1 aliphatic carbocycles. The van der Waals surface area contributed by atoms with Crippen LogP contribution in [-0.4, -0.2) is 10.8 Å². The predicted molar refractivity (Wildman–Crippen MR) is 99.3 cm³/mol. The molecule has 24 heavy (non-hydrogen) atoms. The van der Waals surface area contributed by atoms with E-state index in [1.54, 1.807) is 0 Å². The van der Waals surface area contributed by atoms with Crippen molar-refractivity contribution >= 4 is 23.0 Å². The predicted octanol–water partition coefficient (Wildman–Crippen LogP) is 4.32. The first-order valence-electron chi connectivity index (χ1n) is 8.65. The van der Waals surface area contributed by atoms with Gasteiger partial charge in [0.05, 0.1) is 6.04 Å². The highest BCUT2D eigenvalue weighted by Crippen LogP contribution is 2.56. The molecule has 0 unspecified atom stereocenters. The number of para-hydroxylation sites is 2. The second kappa shape index (κ2) is 4.96. The highest BCUT2D eigenvalue weighted by Gasteiger charge is 2.60. The SMILES string of the molecule is Cc1ccccc1N1C(=S)N[C@H]2c3ccccc3O[C@@]13CCC[C@H]23. The molecule has 2 fully saturated rings. The van der Waals surface area contributed by atoms with Crippen LogP contribution in [0.1, 0.15) is 36.4 Å². The number of rotatable bonds is 1. The molecule has 4 heteroatoms. The van der Waals surface area contributed by atoms with Gasteiger partial charge in [-0.05, 0) is 49.7 Å². The molecule has 1 N–H and O–H groups in total. The molecule has 0 spiro atoms. The molecule has 3 aliphatic rings. The maximum atomic E-state index is 6.71. The molecule has 1 saturated carbocycles. The van der Waals surface area contributed by atoms with E-state index in [1.807, 2.05) is 0 Å². The van der Waals surface area contributed by atoms with Gasteiger partial charge < -0.3 is 10.1 Å². The highest BCUT2D eigenvalue weighted by molar-refractivity contribution is 7.80. The van der Waals surface area contributed by atoms with E-state index in [9.17, 15) is 0 Å². The summed E-state index contributed by atoms with van der Waals surface area (Å²) in [5, 5.41) is 4.40. The van der Waals surface area contributed by atoms with Crippen LogP contribution < -0.4 is 15.0 Å². The number of benzene rings is 2. The Kier molecular flexibility index (Phi) is 2.95. The highest BCUT2D eigenvalue weighted by atomic mass is 32.1. The van der Waals surface area contributed by atoms with Crippen LogP contribution in [-0.2, 0) is 0 Å². The Morgan fingerprint density at radius 1 is 1.17 bits per heavy atom. The number of nitrogens with one attached hydrogen (secondary N) is 1. The summed E-state index contributed by atoms with van der Waals surface area (Å²) in [5.41, 5.74) is 3.27. The maximum absolute atomic E-state index is 6.71. The van der Waals surface area contributed by atoms with E-state index in [0.717, 1.165) is 29.4 Å². The number of ether oxygens (including phenoxy) is 1. The summed E-state index contributed by atoms with van der Waals surface area (Å²) in [6.45, 7) is 2.14. The van der Waals surface area contributed by atoms with E-state index < -0.39 is 0 Å². The third-order valence-corrected chi connectivity index (χ3v) is 6.09. The molecule has 2 bridgehead atoms. The van der Waals surface area contributed by atoms with Crippen LogP contribution in [0, 0.1) is 12.8 Å². The van der Waals surface area contributed by atoms with Gasteiger partial charge in [-0.15, -0.1) is 0 Å². The lowest BCUT2D eigenvalue weighted by Crippen LogP contribution is -2.69. The minimum atomic E-state index is -0.354. The third-order valence-electron chi connectivity index (χ3n) is 5.79. The van der Waals surface area contributed by atoms with Gasteiger partial charge in [0.15, 0.2) is 10.8 Å². The summed E-state index contributed by atoms with van der Waals surface area (Å²) in [6.07, 6.45) is 3.34. The average molecular weight is 336 g/mol. The summed E-state index contributed by atoms with van der Waals surface area (Å²) in [7, 11) is 0. The lowest BCUT2D eigenvalue weighted by atomic mass is 9.80. The van der Waals surface area contributed by atoms with Crippen LogP contribution in [0.5, 0.6) is 5.75 Å². The molecule has 0 amide bonds. The zero-order valence-electron chi connectivity index (χ0n) is 13.7. The molecule has 0 aromatic heterocycles. The van der Waals surface area contributed by atoms with Gasteiger partial charge >= 0.3 is 0 Å². The van der Waals surface area contributed by atoms with Gasteiger partial charge in [-0.1, -0.05) is 36.4 Å². The molecule has 2 aromatic carbocycles. The summed E-state index contributed by atoms with van der Waals surface area (Å²) in [5.74, 6) is 1.41. The summed E-state index contributed by atoms with van der Waals surface area (Å²) >= 11 is 5.81. The Morgan fingerprint density at radius 3 is 2.83 bits per heavy atom. The van der Waals surface area contributed by atoms with E-state index in [0.29, 0.717) is 5.92 Å². The van der Waals surface area contributed by atoms with Crippen molar-refractivity contribution in [1.82, 2.24) is 5.32 Å². The Balaban J connectivity index is 1.72. The van der Waals surface area contributed by atoms with Crippen molar-refractivity contribution in [2.24, 2.45) is 5.92 Å². The number of anilines is 1. The summed E-state index contributed by atoms with van der Waals surface area (Å²) in [6, 6.07) is 17.1. The fourth-order valence-corrected chi connectivity index (χ4v) is 5.16. The first-order chi connectivity index (χ1) is 11.7. The molecule has 122 valence electrons. The Morgan fingerprint density at radius 2 is 1.96 bits per heavy atom. The van der Waals surface area contributed by atoms with Crippen LogP contribution in [0.15, 0.2) is 48.5 Å². The molecular weight excluding hydrogens is 316 g/mol. The van der Waals surface area contributed by atoms with Crippen LogP contribution >= 0.6 is 12.2 Å². The smallest absolute Gasteiger partial charge is 0.194 e. The first-order valence-corrected chi connectivity index (χ1v) is 9.06. The molecule has 2 aliphatic heterocycles. The minimum Gasteiger partial charge on any atom is -0.467 e. The first kappa shape index (κ1) is 14.3. The van der Waals surface area contributed by atoms with Gasteiger partial charge in [0.2, 0.25) is 0 Å². The number of nitrogens with zero attached hydrogens (tertiary/aromatic N) is 1. The lowest BCUT2D eigenvalue weighted by molar-refractivity contribution is -0.00512. The maximum Gasteiger partial charge on any atom is 0.194 e. The van der Waals surface area contributed by atoms with Gasteiger partial charge in [-0.25, -0.2) is 0 Å². The van der Waals surface area contributed by atoms with Crippen LogP contribution in [0.25, 0.3) is 0 Å². The zero-order valence-corrected chi connectivity index (χ0v) is 14.5. The molecule has 2 heterocycles. The third kappa shape index (κ3) is 1.75. The van der Waals surface area contributed by atoms with Crippen molar-refractivity contribution in [3.05, 3.63) is 59.7 Å². The van der Waals surface area contributed by atoms with Crippen molar-refractivity contribution in [1.29, 1.82) is 0 Å². The fourth-order valence-electron chi connectivity index (χ4n) is 4.78. The Bertz CT molecular complexity index is 836. The molecule has 0 radical (unpaired) electrons. The van der Waals surface area contributed by atoms with E-state index in [2.05, 4.69) is 65.7 Å². The molecular formula is C20H20N2OS. The molecule has 3 atom stereocenters. The fraction of sp³-hybridized carbons (Fsp3) is 0.350. The van der Waals surface area contributed by atoms with Gasteiger partial charge in [0, 0.05) is 23.6 Å². The van der Waals surface area contributed by atoms with Crippen LogP contribution in [0.2, 0.25) is 0 Å². The van der Waals surface area contributed by atoms with Crippen LogP contribution in [0.3, 0.4) is 0 Å². The number of thiocarbonyl (C=S) groups is 1. The van der Waals surface area contributed by atoms with Crippen molar-refractivity contribution in [2.45, 2.75) is 38.0 Å². The average Bonchev–Trinajstić information content (AvgIpc) is 3.01. The molecule has 5 rings (SSSR count). The van der Waals surface area contributed by atoms with E-state index in [-0.39, 0.29) is 11.8 Å². The standard InChI is InChI=1S/C20H20N2OS/c1-13-7-2-4-10-16(13)22-19(24)21-18-14-8-3-5-11-17(14)23-20(22)12-6-9-15(18)20/h2-5,7-8,10-11,15,18H,6,9,12H2,1H3,(H,21,24)/t15-,18+,20-/m1/s1. The molecule has 3 nitrogen and oxygen atoms in total. The summed E-state index contributed by atoms with van der Waals surface area (Å²) < 4.78 is 6.71. The van der Waals surface area contributed by atoms with Gasteiger partial charge in [-0.3, -0.25) is 4.90 Å². The second-order valence-corrected chi connectivity index (χ2v) is 7.42. The number of hydrogen-bond donors (Lipinski definition) is 1. The van der Waals surface area contributed by atoms with Crippen molar-refractivity contribution in [3.8, 4) is 5.75 Å². The second-order valence-electron chi connectivity index (χ2n) is 7.03. The minimum absolute atomic E-state index is 0.255. The summed E-state index contributed by atoms with van der Waals surface area (Å²) in [4.78, 5) is 2.25. The number of hydrogen-bond acceptors (Lipinski definition) is 2. The monoisotopic (exact) mass is 336 g/mol. The van der Waals surface area contributed by atoms with Crippen LogP contribution in [0.4, 0.5) is 5.69 Å². The Labute approximate surface area is 147 Å². The zero-order chi connectivity index (χ0) is 16.3. The normalized spacial score (nSPS) is 30.2. The topological polar surface area (TPSA) is 24.5 Å². The van der Waals surface area contributed by atoms with Gasteiger partial charge in [0.1, 0.15) is 5.75 Å². The quantitative estimate of drug-likeness (QED) is 0.784. The van der Waals surface area contributed by atoms with E-state index in [4.69, 9.17) is 17.0 Å².